The Bertz CT molecular complexity index is 656. The first-order valence-electron chi connectivity index (χ1n) is 6.85. The van der Waals surface area contributed by atoms with Crippen molar-refractivity contribution in [3.05, 3.63) is 65.7 Å². The summed E-state index contributed by atoms with van der Waals surface area (Å²) in [5.41, 5.74) is 1.89. The van der Waals surface area contributed by atoms with E-state index in [2.05, 4.69) is 10.1 Å². The van der Waals surface area contributed by atoms with E-state index in [9.17, 15) is 9.59 Å². The molecule has 0 saturated heterocycles. The average molecular weight is 298 g/mol. The molecule has 0 saturated carbocycles. The Morgan fingerprint density at radius 2 is 1.68 bits per heavy atom. The molecule has 22 heavy (non-hydrogen) atoms. The van der Waals surface area contributed by atoms with Crippen LogP contribution in [0.1, 0.15) is 15.9 Å². The van der Waals surface area contributed by atoms with Crippen molar-refractivity contribution in [2.45, 2.75) is 6.54 Å². The molecule has 0 radical (unpaired) electrons. The molecule has 0 spiro atoms. The normalized spacial score (nSPS) is 9.91. The highest BCUT2D eigenvalue weighted by Crippen LogP contribution is 2.18. The molecule has 0 atom stereocenters. The Morgan fingerprint density at radius 3 is 2.36 bits per heavy atom. The van der Waals surface area contributed by atoms with Crippen molar-refractivity contribution < 1.29 is 14.3 Å². The lowest BCUT2D eigenvalue weighted by atomic mass is 10.1. The fourth-order valence-electron chi connectivity index (χ4n) is 2.07. The molecule has 2 rings (SSSR count). The van der Waals surface area contributed by atoms with Gasteiger partial charge in [0.25, 0.3) is 5.91 Å². The fourth-order valence-corrected chi connectivity index (χ4v) is 2.07. The first-order chi connectivity index (χ1) is 10.6. The van der Waals surface area contributed by atoms with Crippen LogP contribution in [0.15, 0.2) is 54.6 Å². The second-order valence-corrected chi connectivity index (χ2v) is 4.81. The maximum absolute atomic E-state index is 12.6. The number of hydrogen-bond acceptors (Lipinski definition) is 3. The molecule has 2 aromatic rings. The van der Waals surface area contributed by atoms with Gasteiger partial charge in [0.05, 0.1) is 18.4 Å². The molecule has 0 unspecified atom stereocenters. The molecule has 0 aliphatic carbocycles. The second-order valence-electron chi connectivity index (χ2n) is 4.81. The molecule has 0 aliphatic heterocycles. The molecule has 1 N–H and O–H groups in total. The van der Waals surface area contributed by atoms with Crippen LogP contribution in [-0.4, -0.2) is 31.1 Å². The standard InChI is InChI=1S/C17H18N2O3/c1-19(12-13-8-4-3-5-9-13)16(20)14-10-6-7-11-15(14)18-17(21)22-2/h3-11H,12H2,1-2H3,(H,18,21). The molecular weight excluding hydrogens is 280 g/mol. The van der Waals surface area contributed by atoms with Crippen LogP contribution in [0.25, 0.3) is 0 Å². The predicted molar refractivity (Wildman–Crippen MR) is 84.7 cm³/mol. The van der Waals surface area contributed by atoms with E-state index in [1.54, 1.807) is 36.2 Å². The zero-order chi connectivity index (χ0) is 15.9. The Labute approximate surface area is 129 Å². The number of carbonyl (C=O) groups excluding carboxylic acids is 2. The molecule has 114 valence electrons. The number of carbonyl (C=O) groups is 2. The summed E-state index contributed by atoms with van der Waals surface area (Å²) in [4.78, 5) is 25.5. The Hall–Kier alpha value is -2.82. The average Bonchev–Trinajstić information content (AvgIpc) is 2.55. The van der Waals surface area contributed by atoms with Crippen LogP contribution in [-0.2, 0) is 11.3 Å². The van der Waals surface area contributed by atoms with Gasteiger partial charge in [-0.2, -0.15) is 0 Å². The van der Waals surface area contributed by atoms with E-state index in [-0.39, 0.29) is 5.91 Å². The van der Waals surface area contributed by atoms with Gasteiger partial charge in [-0.05, 0) is 17.7 Å². The lowest BCUT2D eigenvalue weighted by molar-refractivity contribution is 0.0786. The molecule has 0 fully saturated rings. The van der Waals surface area contributed by atoms with Crippen LogP contribution >= 0.6 is 0 Å². The van der Waals surface area contributed by atoms with Gasteiger partial charge in [0, 0.05) is 13.6 Å². The minimum absolute atomic E-state index is 0.171. The van der Waals surface area contributed by atoms with Gasteiger partial charge in [-0.1, -0.05) is 42.5 Å². The third-order valence-corrected chi connectivity index (χ3v) is 3.19. The van der Waals surface area contributed by atoms with Gasteiger partial charge in [-0.3, -0.25) is 10.1 Å². The van der Waals surface area contributed by atoms with Crippen molar-refractivity contribution in [3.8, 4) is 0 Å². The number of anilines is 1. The lowest BCUT2D eigenvalue weighted by Gasteiger charge is -2.19. The maximum Gasteiger partial charge on any atom is 0.411 e. The highest BCUT2D eigenvalue weighted by molar-refractivity contribution is 6.02. The number of methoxy groups -OCH3 is 1. The van der Waals surface area contributed by atoms with E-state index >= 15 is 0 Å². The summed E-state index contributed by atoms with van der Waals surface area (Å²) in [6.45, 7) is 0.492. The van der Waals surface area contributed by atoms with Crippen molar-refractivity contribution in [1.82, 2.24) is 4.90 Å². The number of nitrogens with zero attached hydrogens (tertiary/aromatic N) is 1. The van der Waals surface area contributed by atoms with Crippen molar-refractivity contribution in [2.75, 3.05) is 19.5 Å². The summed E-state index contributed by atoms with van der Waals surface area (Å²) < 4.78 is 4.57. The van der Waals surface area contributed by atoms with Gasteiger partial charge in [0.1, 0.15) is 0 Å². The number of benzene rings is 2. The van der Waals surface area contributed by atoms with E-state index in [1.807, 2.05) is 30.3 Å². The monoisotopic (exact) mass is 298 g/mol. The number of rotatable bonds is 4. The number of hydrogen-bond donors (Lipinski definition) is 1. The molecule has 5 heteroatoms. The van der Waals surface area contributed by atoms with Gasteiger partial charge in [-0.15, -0.1) is 0 Å². The molecule has 0 bridgehead atoms. The van der Waals surface area contributed by atoms with Crippen LogP contribution in [0.5, 0.6) is 0 Å². The highest BCUT2D eigenvalue weighted by Gasteiger charge is 2.17. The largest absolute Gasteiger partial charge is 0.453 e. The molecule has 0 aromatic heterocycles. The van der Waals surface area contributed by atoms with E-state index < -0.39 is 6.09 Å². The molecule has 2 aromatic carbocycles. The van der Waals surface area contributed by atoms with Gasteiger partial charge in [0.2, 0.25) is 0 Å². The minimum Gasteiger partial charge on any atom is -0.453 e. The van der Waals surface area contributed by atoms with Crippen LogP contribution in [0.4, 0.5) is 10.5 Å². The summed E-state index contributed by atoms with van der Waals surface area (Å²) in [5.74, 6) is -0.171. The van der Waals surface area contributed by atoms with Crippen molar-refractivity contribution in [2.24, 2.45) is 0 Å². The van der Waals surface area contributed by atoms with Crippen LogP contribution in [0, 0.1) is 0 Å². The number of para-hydroxylation sites is 1. The van der Waals surface area contributed by atoms with Crippen LogP contribution in [0.2, 0.25) is 0 Å². The first kappa shape index (κ1) is 15.6. The Morgan fingerprint density at radius 1 is 1.05 bits per heavy atom. The number of ether oxygens (including phenoxy) is 1. The highest BCUT2D eigenvalue weighted by atomic mass is 16.5. The quantitative estimate of drug-likeness (QED) is 0.943. The predicted octanol–water partition coefficient (Wildman–Crippen LogP) is 3.14. The van der Waals surface area contributed by atoms with E-state index in [4.69, 9.17) is 0 Å². The van der Waals surface area contributed by atoms with Gasteiger partial charge >= 0.3 is 6.09 Å². The molecule has 0 heterocycles. The molecule has 5 nitrogen and oxygen atoms in total. The topological polar surface area (TPSA) is 58.6 Å². The van der Waals surface area contributed by atoms with E-state index in [0.29, 0.717) is 17.8 Å². The second kappa shape index (κ2) is 7.26. The zero-order valence-corrected chi connectivity index (χ0v) is 12.6. The van der Waals surface area contributed by atoms with Gasteiger partial charge in [-0.25, -0.2) is 4.79 Å². The fraction of sp³-hybridized carbons (Fsp3) is 0.176. The summed E-state index contributed by atoms with van der Waals surface area (Å²) in [7, 11) is 3.01. The van der Waals surface area contributed by atoms with Crippen LogP contribution in [0.3, 0.4) is 0 Å². The summed E-state index contributed by atoms with van der Waals surface area (Å²) in [5, 5.41) is 2.55. The summed E-state index contributed by atoms with van der Waals surface area (Å²) >= 11 is 0. The first-order valence-corrected chi connectivity index (χ1v) is 6.85. The molecular formula is C17H18N2O3. The van der Waals surface area contributed by atoms with Crippen molar-refractivity contribution >= 4 is 17.7 Å². The third kappa shape index (κ3) is 3.85. The van der Waals surface area contributed by atoms with Gasteiger partial charge < -0.3 is 9.64 Å². The maximum atomic E-state index is 12.6. The van der Waals surface area contributed by atoms with Crippen LogP contribution < -0.4 is 5.32 Å². The lowest BCUT2D eigenvalue weighted by Crippen LogP contribution is -2.27. The van der Waals surface area contributed by atoms with E-state index in [1.165, 1.54) is 7.11 Å². The summed E-state index contributed by atoms with van der Waals surface area (Å²) in [6, 6.07) is 16.6. The van der Waals surface area contributed by atoms with Gasteiger partial charge in [0.15, 0.2) is 0 Å². The van der Waals surface area contributed by atoms with E-state index in [0.717, 1.165) is 5.56 Å². The van der Waals surface area contributed by atoms with Crippen molar-refractivity contribution in [1.29, 1.82) is 0 Å². The number of amides is 2. The molecule has 2 amide bonds. The zero-order valence-electron chi connectivity index (χ0n) is 12.6. The Kier molecular flexibility index (Phi) is 5.14. The third-order valence-electron chi connectivity index (χ3n) is 3.19. The van der Waals surface area contributed by atoms with Crippen molar-refractivity contribution in [3.63, 3.8) is 0 Å². The Balaban J connectivity index is 2.16. The number of nitrogens with one attached hydrogen (secondary N) is 1. The SMILES string of the molecule is COC(=O)Nc1ccccc1C(=O)N(C)Cc1ccccc1. The minimum atomic E-state index is -0.606. The molecule has 0 aliphatic rings. The summed E-state index contributed by atoms with van der Waals surface area (Å²) in [6.07, 6.45) is -0.606. The smallest absolute Gasteiger partial charge is 0.411 e.